The summed E-state index contributed by atoms with van der Waals surface area (Å²) < 4.78 is 0.598. The van der Waals surface area contributed by atoms with Gasteiger partial charge < -0.3 is 10.3 Å². The van der Waals surface area contributed by atoms with Crippen molar-refractivity contribution in [3.63, 3.8) is 0 Å². The zero-order chi connectivity index (χ0) is 18.1. The molecule has 3 rings (SSSR count). The van der Waals surface area contributed by atoms with Gasteiger partial charge in [0.1, 0.15) is 6.04 Å². The minimum Gasteiger partial charge on any atom is -0.632 e. The maximum atomic E-state index is 12.7. The number of carbonyl (C=O) groups excluding carboxylic acids is 1. The Bertz CT molecular complexity index is 909. The fraction of sp³-hybridized carbons (Fsp3) is 0.222. The highest BCUT2D eigenvalue weighted by Gasteiger charge is 2.30. The third-order valence-corrected chi connectivity index (χ3v) is 5.45. The first kappa shape index (κ1) is 18.0. The molecule has 2 aromatic carbocycles. The van der Waals surface area contributed by atoms with E-state index in [1.807, 2.05) is 31.2 Å². The molecule has 1 aliphatic rings. The summed E-state index contributed by atoms with van der Waals surface area (Å²) in [5.41, 5.74) is 3.33. The van der Waals surface area contributed by atoms with Gasteiger partial charge >= 0.3 is 0 Å². The second kappa shape index (κ2) is 7.20. The Labute approximate surface area is 158 Å². The van der Waals surface area contributed by atoms with Crippen LogP contribution in [-0.4, -0.2) is 18.0 Å². The second-order valence-corrected chi connectivity index (χ2v) is 7.02. The lowest BCUT2D eigenvalue weighted by Gasteiger charge is -2.31. The first-order valence-corrected chi connectivity index (χ1v) is 8.89. The van der Waals surface area contributed by atoms with Crippen LogP contribution in [0, 0.1) is 5.21 Å². The number of halogens is 2. The average molecular weight is 421 g/mol. The van der Waals surface area contributed by atoms with Crippen molar-refractivity contribution >= 4 is 45.0 Å². The molecular weight excluding hydrogens is 406 g/mol. The molecule has 2 aromatic rings. The van der Waals surface area contributed by atoms with Crippen molar-refractivity contribution < 1.29 is 9.86 Å². The van der Waals surface area contributed by atoms with Crippen molar-refractivity contribution in [2.75, 3.05) is 0 Å². The van der Waals surface area contributed by atoms with Crippen molar-refractivity contribution in [1.29, 1.82) is 0 Å². The van der Waals surface area contributed by atoms with Gasteiger partial charge in [0.15, 0.2) is 6.17 Å². The zero-order valence-corrected chi connectivity index (χ0v) is 15.9. The van der Waals surface area contributed by atoms with Gasteiger partial charge in [0.2, 0.25) is 6.08 Å². The number of hydroxylamine groups is 2. The molecule has 7 heteroatoms. The molecule has 0 aliphatic carbocycles. The quantitative estimate of drug-likeness (QED) is 0.457. The lowest BCUT2D eigenvalue weighted by Crippen LogP contribution is -3.10. The zero-order valence-electron chi connectivity index (χ0n) is 13.6. The van der Waals surface area contributed by atoms with Gasteiger partial charge in [-0.1, -0.05) is 35.9 Å². The van der Waals surface area contributed by atoms with Gasteiger partial charge in [-0.15, -0.1) is 0 Å². The van der Waals surface area contributed by atoms with Gasteiger partial charge in [0.05, 0.1) is 15.9 Å². The summed E-state index contributed by atoms with van der Waals surface area (Å²) in [6.07, 6.45) is 1.05. The Morgan fingerprint density at radius 3 is 2.68 bits per heavy atom. The summed E-state index contributed by atoms with van der Waals surface area (Å²) in [6.45, 7) is 3.64. The van der Waals surface area contributed by atoms with Crippen molar-refractivity contribution in [3.05, 3.63) is 67.8 Å². The van der Waals surface area contributed by atoms with E-state index >= 15 is 0 Å². The summed E-state index contributed by atoms with van der Waals surface area (Å²) in [7, 11) is 0. The molecule has 0 fully saturated rings. The number of benzene rings is 2. The van der Waals surface area contributed by atoms with Gasteiger partial charge in [-0.3, -0.25) is 0 Å². The Morgan fingerprint density at radius 2 is 2.00 bits per heavy atom. The molecule has 0 saturated carbocycles. The van der Waals surface area contributed by atoms with Crippen LogP contribution in [0.2, 0.25) is 5.02 Å². The first-order valence-electron chi connectivity index (χ1n) is 7.72. The highest BCUT2D eigenvalue weighted by Crippen LogP contribution is 2.37. The number of rotatable bonds is 2. The van der Waals surface area contributed by atoms with Crippen LogP contribution in [0.5, 0.6) is 0 Å². The molecule has 2 unspecified atom stereocenters. The third-order valence-electron chi connectivity index (χ3n) is 4.31. The van der Waals surface area contributed by atoms with Gasteiger partial charge in [0.25, 0.3) is 0 Å². The maximum Gasteiger partial charge on any atom is 0.240 e. The van der Waals surface area contributed by atoms with Crippen LogP contribution in [-0.2, 0) is 4.79 Å². The predicted molar refractivity (Wildman–Crippen MR) is 101 cm³/mol. The Morgan fingerprint density at radius 1 is 1.28 bits per heavy atom. The lowest BCUT2D eigenvalue weighted by atomic mass is 9.93. The standard InChI is InChI=1S/C18H15BrClN3O2/c1-10-12-7-8-15(21-9-24)17(19)16(12)18(22-11(2)23(10)25)13-5-3-4-6-14(13)20/h3-8,10-11,23H,1-2H3. The molecule has 0 amide bonds. The van der Waals surface area contributed by atoms with Crippen LogP contribution in [0.15, 0.2) is 50.9 Å². The molecule has 0 spiro atoms. The molecule has 1 N–H and O–H groups in total. The molecule has 1 aliphatic heterocycles. The summed E-state index contributed by atoms with van der Waals surface area (Å²) in [5, 5.41) is 13.2. The normalized spacial score (nSPS) is 22.4. The largest absolute Gasteiger partial charge is 0.632 e. The molecule has 0 aromatic heterocycles. The fourth-order valence-corrected chi connectivity index (χ4v) is 3.87. The van der Waals surface area contributed by atoms with Crippen LogP contribution in [0.25, 0.3) is 0 Å². The number of nitrogens with one attached hydrogen (secondary N) is 1. The van der Waals surface area contributed by atoms with Crippen LogP contribution >= 0.6 is 27.5 Å². The number of nitrogens with zero attached hydrogens (tertiary/aromatic N) is 2. The maximum absolute atomic E-state index is 12.7. The van der Waals surface area contributed by atoms with Crippen LogP contribution in [0.3, 0.4) is 0 Å². The minimum absolute atomic E-state index is 0.0295. The molecule has 25 heavy (non-hydrogen) atoms. The van der Waals surface area contributed by atoms with E-state index in [0.717, 1.165) is 16.7 Å². The van der Waals surface area contributed by atoms with Crippen LogP contribution in [0.4, 0.5) is 5.69 Å². The van der Waals surface area contributed by atoms with E-state index in [4.69, 9.17) is 11.6 Å². The Balaban J connectivity index is 2.37. The molecular formula is C18H15BrClN3O2. The average Bonchev–Trinajstić information content (AvgIpc) is 2.69. The summed E-state index contributed by atoms with van der Waals surface area (Å²) in [4.78, 5) is 19.1. The number of quaternary nitrogens is 1. The minimum atomic E-state index is -0.501. The number of aliphatic imine (C=N–C) groups is 2. The molecule has 0 saturated heterocycles. The number of hydrogen-bond acceptors (Lipinski definition) is 4. The van der Waals surface area contributed by atoms with Crippen molar-refractivity contribution in [2.24, 2.45) is 9.98 Å². The molecule has 0 radical (unpaired) electrons. The van der Waals surface area contributed by atoms with Crippen LogP contribution in [0.1, 0.15) is 36.6 Å². The summed E-state index contributed by atoms with van der Waals surface area (Å²) in [6, 6.07) is 10.5. The Hall–Kier alpha value is -1.82. The first-order chi connectivity index (χ1) is 12.0. The van der Waals surface area contributed by atoms with E-state index in [0.29, 0.717) is 20.9 Å². The van der Waals surface area contributed by atoms with E-state index in [2.05, 4.69) is 25.9 Å². The lowest BCUT2D eigenvalue weighted by molar-refractivity contribution is -0.902. The van der Waals surface area contributed by atoms with Gasteiger partial charge in [-0.2, -0.15) is 4.99 Å². The highest BCUT2D eigenvalue weighted by atomic mass is 79.9. The van der Waals surface area contributed by atoms with Gasteiger partial charge in [-0.25, -0.2) is 9.79 Å². The molecule has 3 atom stereocenters. The number of isocyanates is 1. The molecule has 5 nitrogen and oxygen atoms in total. The molecule has 0 bridgehead atoms. The van der Waals surface area contributed by atoms with E-state index in [9.17, 15) is 10.0 Å². The summed E-state index contributed by atoms with van der Waals surface area (Å²) >= 11 is 9.91. The monoisotopic (exact) mass is 419 g/mol. The van der Waals surface area contributed by atoms with Crippen molar-refractivity contribution in [2.45, 2.75) is 26.1 Å². The van der Waals surface area contributed by atoms with E-state index in [-0.39, 0.29) is 11.1 Å². The van der Waals surface area contributed by atoms with Gasteiger partial charge in [-0.05, 0) is 35.0 Å². The van der Waals surface area contributed by atoms with Crippen molar-refractivity contribution in [3.8, 4) is 0 Å². The fourth-order valence-electron chi connectivity index (χ4n) is 3.01. The predicted octanol–water partition coefficient (Wildman–Crippen LogP) is 3.71. The molecule has 128 valence electrons. The number of fused-ring (bicyclic) bond motifs is 1. The van der Waals surface area contributed by atoms with E-state index < -0.39 is 6.17 Å². The summed E-state index contributed by atoms with van der Waals surface area (Å²) in [5.74, 6) is 0. The van der Waals surface area contributed by atoms with Gasteiger partial charge in [0, 0.05) is 28.6 Å². The SMILES string of the molecule is CC1N=C(c2ccccc2Cl)c2c(ccc(N=C=O)c2Br)C(C)[N@@H+]1[O-]. The number of hydrogen-bond donors (Lipinski definition) is 1. The van der Waals surface area contributed by atoms with E-state index in [1.54, 1.807) is 25.1 Å². The second-order valence-electron chi connectivity index (χ2n) is 5.82. The van der Waals surface area contributed by atoms with E-state index in [1.165, 1.54) is 0 Å². The smallest absolute Gasteiger partial charge is 0.240 e. The van der Waals surface area contributed by atoms with Crippen molar-refractivity contribution in [1.82, 2.24) is 0 Å². The highest BCUT2D eigenvalue weighted by molar-refractivity contribution is 9.10. The molecule has 1 heterocycles. The third kappa shape index (κ3) is 3.19. The van der Waals surface area contributed by atoms with Crippen LogP contribution < -0.4 is 5.06 Å². The Kier molecular flexibility index (Phi) is 5.18. The topological polar surface area (TPSA) is 69.3 Å².